The summed E-state index contributed by atoms with van der Waals surface area (Å²) in [6, 6.07) is 8.87. The highest BCUT2D eigenvalue weighted by Crippen LogP contribution is 2.08. The number of rotatable bonds is 17. The molecule has 0 aliphatic heterocycles. The first-order valence-corrected chi connectivity index (χ1v) is 13.4. The number of carboxylic acids is 1. The molecule has 14 heteroatoms. The van der Waals surface area contributed by atoms with Crippen LogP contribution in [0, 0.1) is 6.92 Å². The van der Waals surface area contributed by atoms with Crippen molar-refractivity contribution in [3.05, 3.63) is 68.5 Å². The Labute approximate surface area is 243 Å². The third-order valence-electron chi connectivity index (χ3n) is 5.51. The molecule has 0 fully saturated rings. The lowest BCUT2D eigenvalue weighted by Gasteiger charge is -2.28. The number of aryl methyl sites for hydroxylation is 1. The average molecular weight is 593 g/mol. The summed E-state index contributed by atoms with van der Waals surface area (Å²) in [5.41, 5.74) is -0.943. The maximum Gasteiger partial charge on any atom is 0.408 e. The summed E-state index contributed by atoms with van der Waals surface area (Å²) in [7, 11) is 0. The minimum atomic E-state index is -1.30. The van der Waals surface area contributed by atoms with Gasteiger partial charge in [-0.05, 0) is 33.3 Å². The number of nitrogens with one attached hydrogen (secondary N) is 2. The van der Waals surface area contributed by atoms with Gasteiger partial charge in [0.05, 0.1) is 45.7 Å². The summed E-state index contributed by atoms with van der Waals surface area (Å²) in [4.78, 5) is 63.9. The molecule has 1 aromatic carbocycles. The number of hydrogen-bond acceptors (Lipinski definition) is 9. The quantitative estimate of drug-likeness (QED) is 0.224. The number of aromatic nitrogens is 2. The van der Waals surface area contributed by atoms with Crippen molar-refractivity contribution in [2.75, 3.05) is 46.1 Å². The van der Waals surface area contributed by atoms with Crippen molar-refractivity contribution in [1.29, 1.82) is 0 Å². The van der Waals surface area contributed by atoms with Crippen LogP contribution in [0.4, 0.5) is 4.79 Å². The smallest absolute Gasteiger partial charge is 0.408 e. The van der Waals surface area contributed by atoms with Crippen LogP contribution in [0.1, 0.15) is 31.9 Å². The fourth-order valence-corrected chi connectivity index (χ4v) is 3.61. The second-order valence-electron chi connectivity index (χ2n) is 10.4. The molecule has 0 saturated heterocycles. The van der Waals surface area contributed by atoms with Gasteiger partial charge >= 0.3 is 17.8 Å². The van der Waals surface area contributed by atoms with Gasteiger partial charge in [-0.25, -0.2) is 9.59 Å². The Morgan fingerprint density at radius 3 is 2.31 bits per heavy atom. The topological polar surface area (TPSA) is 178 Å². The largest absolute Gasteiger partial charge is 0.480 e. The summed E-state index contributed by atoms with van der Waals surface area (Å²) in [5.74, 6) is -2.02. The first kappa shape index (κ1) is 34.2. The van der Waals surface area contributed by atoms with E-state index in [4.69, 9.17) is 18.9 Å². The number of aromatic amines is 1. The standard InChI is InChI=1S/C28H40N4O10/c1-20-14-32(26(37)30-25(20)36)16-23(33)31(17-24(34)35)15-22(29-27(38)42-28(2,3)4)19-41-13-11-39-10-12-40-18-21-8-6-5-7-9-21/h5-9,14,22H,10-13,15-19H2,1-4H3,(H,29,38)(H,34,35)(H,30,36,37)/t22-/m0/s1. The third kappa shape index (κ3) is 13.6. The van der Waals surface area contributed by atoms with Crippen LogP contribution in [0.15, 0.2) is 46.1 Å². The number of hydrogen-bond donors (Lipinski definition) is 3. The lowest BCUT2D eigenvalue weighted by molar-refractivity contribution is -0.145. The molecule has 2 rings (SSSR count). The number of carboxylic acid groups (broad SMARTS) is 1. The molecule has 2 amide bonds. The number of carbonyl (C=O) groups excluding carboxylic acids is 2. The predicted octanol–water partition coefficient (Wildman–Crippen LogP) is 0.902. The Hall–Kier alpha value is -4.01. The van der Waals surface area contributed by atoms with Gasteiger partial charge in [0.1, 0.15) is 18.7 Å². The van der Waals surface area contributed by atoms with E-state index in [1.165, 1.54) is 13.1 Å². The van der Waals surface area contributed by atoms with Crippen molar-refractivity contribution in [2.45, 2.75) is 52.5 Å². The predicted molar refractivity (Wildman–Crippen MR) is 151 cm³/mol. The molecule has 0 spiro atoms. The number of H-pyrrole nitrogens is 1. The van der Waals surface area contributed by atoms with Crippen molar-refractivity contribution < 1.29 is 38.4 Å². The van der Waals surface area contributed by atoms with Crippen LogP contribution in [0.25, 0.3) is 0 Å². The second kappa shape index (κ2) is 17.1. The van der Waals surface area contributed by atoms with Gasteiger partial charge in [0.25, 0.3) is 5.56 Å². The van der Waals surface area contributed by atoms with Gasteiger partial charge in [-0.3, -0.25) is 23.9 Å². The highest BCUT2D eigenvalue weighted by atomic mass is 16.6. The molecule has 0 saturated carbocycles. The monoisotopic (exact) mass is 592 g/mol. The first-order valence-electron chi connectivity index (χ1n) is 13.4. The van der Waals surface area contributed by atoms with Crippen LogP contribution in [-0.2, 0) is 41.7 Å². The minimum absolute atomic E-state index is 0.0891. The van der Waals surface area contributed by atoms with Gasteiger partial charge in [-0.15, -0.1) is 0 Å². The maximum absolute atomic E-state index is 13.0. The third-order valence-corrected chi connectivity index (χ3v) is 5.51. The second-order valence-corrected chi connectivity index (χ2v) is 10.4. The number of aliphatic carboxylic acids is 1. The number of carbonyl (C=O) groups is 3. The van der Waals surface area contributed by atoms with Gasteiger partial charge < -0.3 is 34.3 Å². The van der Waals surface area contributed by atoms with Crippen LogP contribution in [0.3, 0.4) is 0 Å². The van der Waals surface area contributed by atoms with E-state index in [-0.39, 0.29) is 31.9 Å². The van der Waals surface area contributed by atoms with Crippen molar-refractivity contribution in [3.63, 3.8) is 0 Å². The van der Waals surface area contributed by atoms with Gasteiger partial charge in [0, 0.05) is 18.3 Å². The normalized spacial score (nSPS) is 12.0. The number of nitrogens with zero attached hydrogens (tertiary/aromatic N) is 2. The van der Waals surface area contributed by atoms with E-state index in [9.17, 15) is 29.1 Å². The Balaban J connectivity index is 1.94. The molecule has 0 unspecified atom stereocenters. The van der Waals surface area contributed by atoms with E-state index in [1.807, 2.05) is 30.3 Å². The molecule has 232 valence electrons. The van der Waals surface area contributed by atoms with E-state index in [0.29, 0.717) is 19.8 Å². The summed E-state index contributed by atoms with van der Waals surface area (Å²) >= 11 is 0. The zero-order valence-corrected chi connectivity index (χ0v) is 24.4. The molecule has 0 aliphatic carbocycles. The van der Waals surface area contributed by atoms with E-state index in [2.05, 4.69) is 10.3 Å². The number of benzene rings is 1. The summed E-state index contributed by atoms with van der Waals surface area (Å²) in [6.07, 6.45) is 0.433. The van der Waals surface area contributed by atoms with E-state index < -0.39 is 54.0 Å². The summed E-state index contributed by atoms with van der Waals surface area (Å²) < 4.78 is 23.0. The SMILES string of the molecule is Cc1cn(CC(=O)N(CC(=O)O)C[C@@H](COCCOCCOCc2ccccc2)NC(=O)OC(C)(C)C)c(=O)[nH]c1=O. The zero-order valence-electron chi connectivity index (χ0n) is 24.4. The van der Waals surface area contributed by atoms with Crippen molar-refractivity contribution >= 4 is 18.0 Å². The van der Waals surface area contributed by atoms with Crippen LogP contribution in [0.2, 0.25) is 0 Å². The van der Waals surface area contributed by atoms with Gasteiger partial charge in [-0.1, -0.05) is 30.3 Å². The van der Waals surface area contributed by atoms with Gasteiger partial charge in [0.2, 0.25) is 5.91 Å². The van der Waals surface area contributed by atoms with Crippen molar-refractivity contribution in [1.82, 2.24) is 19.8 Å². The number of ether oxygens (including phenoxy) is 4. The van der Waals surface area contributed by atoms with Crippen LogP contribution in [0.5, 0.6) is 0 Å². The molecule has 2 aromatic rings. The zero-order chi connectivity index (χ0) is 31.1. The molecule has 14 nitrogen and oxygen atoms in total. The van der Waals surface area contributed by atoms with Gasteiger partial charge in [-0.2, -0.15) is 0 Å². The molecular weight excluding hydrogens is 552 g/mol. The molecule has 3 N–H and O–H groups in total. The minimum Gasteiger partial charge on any atom is -0.480 e. The molecule has 1 aromatic heterocycles. The molecule has 0 radical (unpaired) electrons. The molecule has 0 aliphatic rings. The van der Waals surface area contributed by atoms with Crippen molar-refractivity contribution in [3.8, 4) is 0 Å². The molecular formula is C28H40N4O10. The highest BCUT2D eigenvalue weighted by Gasteiger charge is 2.25. The Morgan fingerprint density at radius 2 is 1.67 bits per heavy atom. The number of amides is 2. The Morgan fingerprint density at radius 1 is 1.02 bits per heavy atom. The van der Waals surface area contributed by atoms with E-state index in [1.54, 1.807) is 20.8 Å². The fourth-order valence-electron chi connectivity index (χ4n) is 3.61. The fraction of sp³-hybridized carbons (Fsp3) is 0.536. The van der Waals surface area contributed by atoms with E-state index >= 15 is 0 Å². The van der Waals surface area contributed by atoms with Gasteiger partial charge in [0.15, 0.2) is 0 Å². The molecule has 42 heavy (non-hydrogen) atoms. The maximum atomic E-state index is 13.0. The lowest BCUT2D eigenvalue weighted by atomic mass is 10.2. The average Bonchev–Trinajstić information content (AvgIpc) is 2.89. The Bertz CT molecular complexity index is 1270. The highest BCUT2D eigenvalue weighted by molar-refractivity contribution is 5.81. The summed E-state index contributed by atoms with van der Waals surface area (Å²) in [6.45, 7) is 6.55. The van der Waals surface area contributed by atoms with Crippen LogP contribution in [-0.4, -0.2) is 95.3 Å². The van der Waals surface area contributed by atoms with E-state index in [0.717, 1.165) is 15.0 Å². The number of alkyl carbamates (subject to hydrolysis) is 1. The molecule has 1 heterocycles. The molecule has 1 atom stereocenters. The summed E-state index contributed by atoms with van der Waals surface area (Å²) in [5, 5.41) is 12.0. The molecule has 0 bridgehead atoms. The van der Waals surface area contributed by atoms with Crippen LogP contribution < -0.4 is 16.6 Å². The first-order chi connectivity index (χ1) is 19.8. The lowest BCUT2D eigenvalue weighted by Crippen LogP contribution is -2.51. The van der Waals surface area contributed by atoms with Crippen LogP contribution >= 0.6 is 0 Å². The Kier molecular flexibility index (Phi) is 13.9. The van der Waals surface area contributed by atoms with Crippen molar-refractivity contribution in [2.24, 2.45) is 0 Å².